The molecule has 0 unspecified atom stereocenters. The number of aromatic amines is 1. The number of carbonyl (C=O) groups is 2. The number of carbonyl (C=O) groups excluding carboxylic acids is 2. The number of nitrogens with zero attached hydrogens (tertiary/aromatic N) is 10. The van der Waals surface area contributed by atoms with Crippen LogP contribution < -0.4 is 9.47 Å². The first kappa shape index (κ1) is 61.0. The van der Waals surface area contributed by atoms with E-state index in [2.05, 4.69) is 38.8 Å². The van der Waals surface area contributed by atoms with Gasteiger partial charge in [0.05, 0.1) is 122 Å². The van der Waals surface area contributed by atoms with E-state index in [0.717, 1.165) is 69.3 Å². The minimum atomic E-state index is -2.39. The number of allylic oxidation sites excluding steroid dienone is 4. The molecular weight excluding hydrogens is 1050 g/mol. The number of Topliss-reactive ketones (excluding diaryl/α,β-unsaturated/α-hetero) is 2. The lowest BCUT2D eigenvalue weighted by atomic mass is 9.98. The highest BCUT2D eigenvalue weighted by Crippen LogP contribution is 2.38. The highest BCUT2D eigenvalue weighted by molar-refractivity contribution is 6.20. The van der Waals surface area contributed by atoms with Crippen LogP contribution in [0.15, 0.2) is 56.6 Å². The Labute approximate surface area is 468 Å². The molecule has 432 valence electrons. The first-order valence-corrected chi connectivity index (χ1v) is 26.9. The average Bonchev–Trinajstić information content (AvgIpc) is 4.43. The Morgan fingerprint density at radius 3 is 1.23 bits per heavy atom. The molecule has 1 aromatic carbocycles. The predicted octanol–water partition coefficient (Wildman–Crippen LogP) is 7.09. The van der Waals surface area contributed by atoms with Crippen molar-refractivity contribution in [3.8, 4) is 11.5 Å². The van der Waals surface area contributed by atoms with Gasteiger partial charge in [-0.05, 0) is 97.9 Å². The third kappa shape index (κ3) is 15.0. The van der Waals surface area contributed by atoms with Gasteiger partial charge in [0.15, 0.2) is 11.5 Å². The maximum absolute atomic E-state index is 13.4. The molecule has 0 radical (unpaired) electrons. The number of benzene rings is 1. The number of methoxy groups -OCH3 is 2. The molecule has 1 N–H and O–H groups in total. The highest BCUT2D eigenvalue weighted by atomic mass is 16.6. The molecule has 6 heterocycles. The number of ketones is 2. The van der Waals surface area contributed by atoms with Gasteiger partial charge in [0.25, 0.3) is 11.6 Å². The summed E-state index contributed by atoms with van der Waals surface area (Å²) in [6.45, 7) is 12.0. The Hall–Kier alpha value is -7.68. The van der Waals surface area contributed by atoms with Gasteiger partial charge in [-0.1, -0.05) is 13.8 Å². The van der Waals surface area contributed by atoms with Crippen LogP contribution in [0.2, 0.25) is 0 Å². The first-order chi connectivity index (χ1) is 39.3. The van der Waals surface area contributed by atoms with Gasteiger partial charge in [0.1, 0.15) is 13.2 Å². The van der Waals surface area contributed by atoms with Crippen molar-refractivity contribution in [2.24, 2.45) is 20.0 Å². The van der Waals surface area contributed by atoms with E-state index in [-0.39, 0.29) is 52.1 Å². The van der Waals surface area contributed by atoms with E-state index < -0.39 is 33.0 Å². The molecule has 0 amide bonds. The van der Waals surface area contributed by atoms with E-state index in [4.69, 9.17) is 57.8 Å². The zero-order valence-electron chi connectivity index (χ0n) is 46.6. The third-order valence-electron chi connectivity index (χ3n) is 13.7. The number of hydrogen-bond acceptors (Lipinski definition) is 22. The lowest BCUT2D eigenvalue weighted by Gasteiger charge is -2.14. The van der Waals surface area contributed by atoms with E-state index in [1.165, 1.54) is 0 Å². The molecule has 81 heavy (non-hydrogen) atoms. The fourth-order valence-corrected chi connectivity index (χ4v) is 9.39. The van der Waals surface area contributed by atoms with Gasteiger partial charge in [-0.2, -0.15) is 20.0 Å². The van der Waals surface area contributed by atoms with Crippen molar-refractivity contribution in [3.05, 3.63) is 90.8 Å². The fourth-order valence-electron chi connectivity index (χ4n) is 9.39. The Balaban J connectivity index is 1.34. The standard InChI is InChI=1S/C56H69N11O14/c1-7-39-40(8-2)44-32-46-42(12-10-14-54(69)56(67(72)73)61-17-18-62-56)38(4)50(65-46)36-58-48-34-52(81-30-28-79-26-24-77-22-20-75-6)51(80-29-27-78-25-23-76-21-19-74-5)33-47(48)57-35-49-37(3)41(45(64-49)31-43(39)63-44)11-9-13-53(68)55(66(70)71)59-15-16-60-55/h15-18,31-36,63H,7-14,19-30H2,1-6H3. The third-order valence-corrected chi connectivity index (χ3v) is 13.7. The van der Waals surface area contributed by atoms with Crippen molar-refractivity contribution >= 4 is 80.8 Å². The molecule has 2 aromatic heterocycles. The summed E-state index contributed by atoms with van der Waals surface area (Å²) in [4.78, 5) is 88.6. The van der Waals surface area contributed by atoms with Gasteiger partial charge in [-0.25, -0.2) is 9.97 Å². The number of H-pyrrole nitrogens is 1. The SMILES string of the molecule is CCc1c(CC)c2cc3nc(cnc4cc(OCCOCCOCCOC)c(OCCOCCOCCOC)cc4ncc4nc(cc1[nH]2)C(CCCC(=O)C1([N+](=O)[O-])N=CC=N1)=C4C)C(C)=C3CCCC(=O)C1([N+](=O)[O-])N=CC=N1. The van der Waals surface area contributed by atoms with Gasteiger partial charge >= 0.3 is 11.6 Å². The van der Waals surface area contributed by atoms with Crippen LogP contribution in [0.1, 0.15) is 100 Å². The molecule has 4 aliphatic heterocycles. The molecule has 0 saturated carbocycles. The van der Waals surface area contributed by atoms with Gasteiger partial charge in [0, 0.05) is 75.1 Å². The summed E-state index contributed by atoms with van der Waals surface area (Å²) in [5.41, 5.74) is 9.89. The summed E-state index contributed by atoms with van der Waals surface area (Å²) in [5, 5.41) is 24.1. The Morgan fingerprint density at radius 2 is 0.889 bits per heavy atom. The Morgan fingerprint density at radius 1 is 0.531 bits per heavy atom. The molecular formula is C56H69N11O14. The molecule has 25 heteroatoms. The normalized spacial score (nSPS) is 14.8. The van der Waals surface area contributed by atoms with Crippen LogP contribution in [-0.2, 0) is 50.9 Å². The van der Waals surface area contributed by atoms with Gasteiger partial charge in [-0.3, -0.25) is 39.8 Å². The Kier molecular flexibility index (Phi) is 22.3. The maximum Gasteiger partial charge on any atom is 0.471 e. The van der Waals surface area contributed by atoms with Crippen LogP contribution in [0.4, 0.5) is 0 Å². The topological polar surface area (TPSA) is 311 Å². The summed E-state index contributed by atoms with van der Waals surface area (Å²) in [5.74, 6) is -5.57. The second-order valence-electron chi connectivity index (χ2n) is 18.8. The lowest BCUT2D eigenvalue weighted by Crippen LogP contribution is -2.41. The van der Waals surface area contributed by atoms with E-state index >= 15 is 0 Å². The molecule has 4 aliphatic rings. The fraction of sp³-hybridized carbons (Fsp3) is 0.500. The van der Waals surface area contributed by atoms with Crippen LogP contribution in [0.5, 0.6) is 11.5 Å². The van der Waals surface area contributed by atoms with Gasteiger partial charge < -0.3 is 42.9 Å². The van der Waals surface area contributed by atoms with Gasteiger partial charge in [0.2, 0.25) is 0 Å². The highest BCUT2D eigenvalue weighted by Gasteiger charge is 2.52. The van der Waals surface area contributed by atoms with Crippen molar-refractivity contribution in [2.75, 3.05) is 93.5 Å². The number of ether oxygens (including phenoxy) is 8. The molecule has 0 aliphatic carbocycles. The largest absolute Gasteiger partial charge is 0.487 e. The molecule has 25 nitrogen and oxygen atoms in total. The summed E-state index contributed by atoms with van der Waals surface area (Å²) >= 11 is 0. The first-order valence-electron chi connectivity index (χ1n) is 26.9. The molecule has 0 spiro atoms. The van der Waals surface area contributed by atoms with Crippen molar-refractivity contribution in [1.82, 2.24) is 24.9 Å². The van der Waals surface area contributed by atoms with Crippen LogP contribution in [0.25, 0.3) is 44.4 Å². The summed E-state index contributed by atoms with van der Waals surface area (Å²) < 4.78 is 45.4. The smallest absolute Gasteiger partial charge is 0.471 e. The number of fused-ring (bicyclic) bond motifs is 7. The number of aryl methyl sites for hydroxylation is 2. The van der Waals surface area contributed by atoms with Crippen LogP contribution in [-0.4, -0.2) is 176 Å². The molecule has 3 aromatic rings. The quantitative estimate of drug-likeness (QED) is 0.0354. The lowest BCUT2D eigenvalue weighted by molar-refractivity contribution is -0.547. The minimum Gasteiger partial charge on any atom is -0.487 e. The number of aliphatic imine (C=N–C) groups is 4. The second kappa shape index (κ2) is 29.7. The number of nitrogens with one attached hydrogen (secondary N) is 1. The summed E-state index contributed by atoms with van der Waals surface area (Å²) in [6, 6.07) is 7.37. The number of aromatic nitrogens is 5. The van der Waals surface area contributed by atoms with Crippen molar-refractivity contribution in [3.63, 3.8) is 0 Å². The van der Waals surface area contributed by atoms with Crippen LogP contribution >= 0.6 is 0 Å². The van der Waals surface area contributed by atoms with Crippen LogP contribution in [0, 0.1) is 20.2 Å². The van der Waals surface area contributed by atoms with E-state index in [9.17, 15) is 29.8 Å². The maximum atomic E-state index is 13.4. The number of rotatable bonds is 34. The van der Waals surface area contributed by atoms with Gasteiger partial charge in [-0.15, -0.1) is 0 Å². The number of hydrogen-bond donors (Lipinski definition) is 1. The molecule has 6 bridgehead atoms. The van der Waals surface area contributed by atoms with Crippen molar-refractivity contribution < 1.29 is 57.3 Å². The van der Waals surface area contributed by atoms with Crippen LogP contribution in [0.3, 0.4) is 0 Å². The minimum absolute atomic E-state index is 0.142. The van der Waals surface area contributed by atoms with Crippen molar-refractivity contribution in [2.45, 2.75) is 90.6 Å². The average molecular weight is 1120 g/mol. The number of nitro groups is 2. The molecule has 0 fully saturated rings. The van der Waals surface area contributed by atoms with E-state index in [1.54, 1.807) is 38.7 Å². The zero-order chi connectivity index (χ0) is 57.8. The molecule has 0 saturated heterocycles. The molecule has 7 rings (SSSR count). The Bertz CT molecular complexity index is 2960. The van der Waals surface area contributed by atoms with E-state index in [1.807, 2.05) is 26.0 Å². The molecule has 0 atom stereocenters. The second-order valence-corrected chi connectivity index (χ2v) is 18.8. The summed E-state index contributed by atoms with van der Waals surface area (Å²) in [7, 11) is 3.21. The zero-order valence-corrected chi connectivity index (χ0v) is 46.6. The monoisotopic (exact) mass is 1120 g/mol. The predicted molar refractivity (Wildman–Crippen MR) is 304 cm³/mol. The summed E-state index contributed by atoms with van der Waals surface area (Å²) in [6.07, 6.45) is 10.00. The van der Waals surface area contributed by atoms with Crippen molar-refractivity contribution in [1.29, 1.82) is 0 Å². The van der Waals surface area contributed by atoms with E-state index in [0.29, 0.717) is 124 Å².